The summed E-state index contributed by atoms with van der Waals surface area (Å²) in [7, 11) is 0. The van der Waals surface area contributed by atoms with Gasteiger partial charge in [-0.1, -0.05) is 6.92 Å². The highest BCUT2D eigenvalue weighted by molar-refractivity contribution is 6.35. The minimum absolute atomic E-state index is 0.196. The standard InChI is InChI=1S/C13H23N3O2/c1-10-8-11(2)16(9-10)13(18)12(17)15-6-3-4-14-5-7-15/h10-11,14H,3-9H2,1-2H3. The van der Waals surface area contributed by atoms with Gasteiger partial charge < -0.3 is 15.1 Å². The van der Waals surface area contributed by atoms with Crippen LogP contribution in [0.1, 0.15) is 26.7 Å². The van der Waals surface area contributed by atoms with E-state index < -0.39 is 0 Å². The molecule has 0 aromatic heterocycles. The van der Waals surface area contributed by atoms with Crippen molar-refractivity contribution in [2.24, 2.45) is 5.92 Å². The molecule has 2 amide bonds. The largest absolute Gasteiger partial charge is 0.333 e. The smallest absolute Gasteiger partial charge is 0.312 e. The second kappa shape index (κ2) is 5.69. The molecule has 2 rings (SSSR count). The molecule has 2 fully saturated rings. The second-order valence-electron chi connectivity index (χ2n) is 5.54. The normalized spacial score (nSPS) is 29.2. The van der Waals surface area contributed by atoms with Crippen LogP contribution < -0.4 is 5.32 Å². The van der Waals surface area contributed by atoms with Gasteiger partial charge in [0.05, 0.1) is 0 Å². The molecule has 0 aromatic rings. The van der Waals surface area contributed by atoms with Crippen molar-refractivity contribution in [2.45, 2.75) is 32.7 Å². The van der Waals surface area contributed by atoms with E-state index in [1.54, 1.807) is 9.80 Å². The van der Waals surface area contributed by atoms with Gasteiger partial charge in [-0.15, -0.1) is 0 Å². The van der Waals surface area contributed by atoms with Crippen molar-refractivity contribution in [3.8, 4) is 0 Å². The maximum Gasteiger partial charge on any atom is 0.312 e. The van der Waals surface area contributed by atoms with Gasteiger partial charge in [-0.3, -0.25) is 9.59 Å². The molecular weight excluding hydrogens is 230 g/mol. The summed E-state index contributed by atoms with van der Waals surface area (Å²) >= 11 is 0. The van der Waals surface area contributed by atoms with Crippen molar-refractivity contribution in [1.29, 1.82) is 0 Å². The molecule has 2 unspecified atom stereocenters. The first-order chi connectivity index (χ1) is 8.59. The monoisotopic (exact) mass is 253 g/mol. The molecule has 2 atom stereocenters. The molecule has 0 aliphatic carbocycles. The Morgan fingerprint density at radius 1 is 1.11 bits per heavy atom. The molecule has 2 heterocycles. The van der Waals surface area contributed by atoms with Crippen LogP contribution >= 0.6 is 0 Å². The Hall–Kier alpha value is -1.10. The van der Waals surface area contributed by atoms with Crippen LogP contribution in [0.3, 0.4) is 0 Å². The summed E-state index contributed by atoms with van der Waals surface area (Å²) in [6, 6.07) is 0.196. The van der Waals surface area contributed by atoms with Gasteiger partial charge in [0.25, 0.3) is 0 Å². The third-order valence-electron chi connectivity index (χ3n) is 3.86. The van der Waals surface area contributed by atoms with E-state index in [1.807, 2.05) is 6.92 Å². The lowest BCUT2D eigenvalue weighted by atomic mass is 10.1. The van der Waals surface area contributed by atoms with Crippen LogP contribution in [0.15, 0.2) is 0 Å². The highest BCUT2D eigenvalue weighted by atomic mass is 16.2. The van der Waals surface area contributed by atoms with Gasteiger partial charge in [0.15, 0.2) is 0 Å². The molecule has 2 saturated heterocycles. The maximum atomic E-state index is 12.2. The van der Waals surface area contributed by atoms with Crippen LogP contribution in [0.4, 0.5) is 0 Å². The zero-order valence-electron chi connectivity index (χ0n) is 11.3. The van der Waals surface area contributed by atoms with Gasteiger partial charge in [-0.25, -0.2) is 0 Å². The fourth-order valence-electron chi connectivity index (χ4n) is 2.89. The van der Waals surface area contributed by atoms with E-state index in [-0.39, 0.29) is 17.9 Å². The van der Waals surface area contributed by atoms with E-state index in [1.165, 1.54) is 0 Å². The zero-order valence-corrected chi connectivity index (χ0v) is 11.3. The fraction of sp³-hybridized carbons (Fsp3) is 0.846. The average Bonchev–Trinajstić information content (AvgIpc) is 2.59. The lowest BCUT2D eigenvalue weighted by Gasteiger charge is -2.25. The minimum Gasteiger partial charge on any atom is -0.333 e. The fourth-order valence-corrected chi connectivity index (χ4v) is 2.89. The first-order valence-electron chi connectivity index (χ1n) is 6.90. The van der Waals surface area contributed by atoms with Gasteiger partial charge in [-0.05, 0) is 32.2 Å². The van der Waals surface area contributed by atoms with Gasteiger partial charge in [0, 0.05) is 32.2 Å². The van der Waals surface area contributed by atoms with Gasteiger partial charge in [0.2, 0.25) is 0 Å². The lowest BCUT2D eigenvalue weighted by molar-refractivity contribution is -0.152. The van der Waals surface area contributed by atoms with E-state index >= 15 is 0 Å². The number of nitrogens with zero attached hydrogens (tertiary/aromatic N) is 2. The van der Waals surface area contributed by atoms with E-state index in [0.29, 0.717) is 19.0 Å². The molecule has 18 heavy (non-hydrogen) atoms. The number of carbonyl (C=O) groups is 2. The molecule has 0 bridgehead atoms. The number of hydrogen-bond donors (Lipinski definition) is 1. The number of carbonyl (C=O) groups excluding carboxylic acids is 2. The first kappa shape index (κ1) is 13.3. The SMILES string of the molecule is CC1CC(C)N(C(=O)C(=O)N2CCCNCC2)C1. The number of amides is 2. The zero-order chi connectivity index (χ0) is 13.1. The summed E-state index contributed by atoms with van der Waals surface area (Å²) in [5.74, 6) is -0.129. The molecule has 1 N–H and O–H groups in total. The molecule has 2 aliphatic rings. The van der Waals surface area contributed by atoms with Crippen LogP contribution in [0.5, 0.6) is 0 Å². The number of hydrogen-bond acceptors (Lipinski definition) is 3. The first-order valence-corrected chi connectivity index (χ1v) is 6.90. The molecule has 5 heteroatoms. The Morgan fingerprint density at radius 3 is 2.56 bits per heavy atom. The Balaban J connectivity index is 1.97. The quantitative estimate of drug-likeness (QED) is 0.621. The highest BCUT2D eigenvalue weighted by Gasteiger charge is 2.35. The summed E-state index contributed by atoms with van der Waals surface area (Å²) in [5.41, 5.74) is 0. The topological polar surface area (TPSA) is 52.7 Å². The van der Waals surface area contributed by atoms with Crippen molar-refractivity contribution in [3.05, 3.63) is 0 Å². The van der Waals surface area contributed by atoms with Crippen LogP contribution in [0.2, 0.25) is 0 Å². The second-order valence-corrected chi connectivity index (χ2v) is 5.54. The Labute approximate surface area is 108 Å². The summed E-state index contributed by atoms with van der Waals surface area (Å²) in [4.78, 5) is 27.9. The highest BCUT2D eigenvalue weighted by Crippen LogP contribution is 2.22. The van der Waals surface area contributed by atoms with Crippen molar-refractivity contribution in [3.63, 3.8) is 0 Å². The van der Waals surface area contributed by atoms with Gasteiger partial charge in [-0.2, -0.15) is 0 Å². The van der Waals surface area contributed by atoms with Crippen molar-refractivity contribution in [2.75, 3.05) is 32.7 Å². The molecule has 102 valence electrons. The van der Waals surface area contributed by atoms with Gasteiger partial charge >= 0.3 is 11.8 Å². The van der Waals surface area contributed by atoms with Crippen molar-refractivity contribution >= 4 is 11.8 Å². The summed E-state index contributed by atoms with van der Waals surface area (Å²) in [5, 5.41) is 3.24. The van der Waals surface area contributed by atoms with Crippen LogP contribution in [-0.2, 0) is 9.59 Å². The predicted molar refractivity (Wildman–Crippen MR) is 69.0 cm³/mol. The maximum absolute atomic E-state index is 12.2. The Kier molecular flexibility index (Phi) is 4.22. The summed E-state index contributed by atoms with van der Waals surface area (Å²) < 4.78 is 0. The molecular formula is C13H23N3O2. The molecule has 0 radical (unpaired) electrons. The minimum atomic E-state index is -0.320. The Morgan fingerprint density at radius 2 is 1.89 bits per heavy atom. The van der Waals surface area contributed by atoms with E-state index in [9.17, 15) is 9.59 Å². The van der Waals surface area contributed by atoms with E-state index in [2.05, 4.69) is 12.2 Å². The molecule has 0 saturated carbocycles. The van der Waals surface area contributed by atoms with Crippen LogP contribution in [0, 0.1) is 5.92 Å². The summed E-state index contributed by atoms with van der Waals surface area (Å²) in [6.45, 7) is 7.92. The number of nitrogens with one attached hydrogen (secondary N) is 1. The van der Waals surface area contributed by atoms with Crippen LogP contribution in [-0.4, -0.2) is 60.4 Å². The molecule has 5 nitrogen and oxygen atoms in total. The van der Waals surface area contributed by atoms with Crippen molar-refractivity contribution in [1.82, 2.24) is 15.1 Å². The number of likely N-dealkylation sites (tertiary alicyclic amines) is 1. The third kappa shape index (κ3) is 2.83. The Bertz CT molecular complexity index is 324. The van der Waals surface area contributed by atoms with Crippen molar-refractivity contribution < 1.29 is 9.59 Å². The van der Waals surface area contributed by atoms with E-state index in [4.69, 9.17) is 0 Å². The lowest BCUT2D eigenvalue weighted by Crippen LogP contribution is -2.47. The van der Waals surface area contributed by atoms with Gasteiger partial charge in [0.1, 0.15) is 0 Å². The molecule has 2 aliphatic heterocycles. The summed E-state index contributed by atoms with van der Waals surface area (Å²) in [6.07, 6.45) is 1.92. The van der Waals surface area contributed by atoms with Crippen LogP contribution in [0.25, 0.3) is 0 Å². The predicted octanol–water partition coefficient (Wildman–Crippen LogP) is 0.0652. The average molecular weight is 253 g/mol. The number of rotatable bonds is 0. The van der Waals surface area contributed by atoms with E-state index in [0.717, 1.165) is 32.5 Å². The molecule has 0 spiro atoms. The third-order valence-corrected chi connectivity index (χ3v) is 3.86. The molecule has 0 aromatic carbocycles.